The van der Waals surface area contributed by atoms with Crippen molar-refractivity contribution in [3.8, 4) is 11.3 Å². The Morgan fingerprint density at radius 2 is 1.72 bits per heavy atom. The maximum absolute atomic E-state index is 13.9. The van der Waals surface area contributed by atoms with Crippen LogP contribution in [0.5, 0.6) is 0 Å². The van der Waals surface area contributed by atoms with Crippen molar-refractivity contribution in [3.63, 3.8) is 0 Å². The molecule has 0 unspecified atom stereocenters. The van der Waals surface area contributed by atoms with E-state index in [0.717, 1.165) is 41.1 Å². The lowest BCUT2D eigenvalue weighted by Gasteiger charge is -2.33. The number of carbonyl (C=O) groups is 1. The summed E-state index contributed by atoms with van der Waals surface area (Å²) in [4.78, 5) is 39.3. The fourth-order valence-electron chi connectivity index (χ4n) is 5.79. The molecule has 2 aromatic heterocycles. The molecule has 50 heavy (non-hydrogen) atoms. The number of hydrogen-bond donors (Lipinski definition) is 1. The summed E-state index contributed by atoms with van der Waals surface area (Å²) >= 11 is 2.26. The number of aromatic nitrogens is 2. The lowest BCUT2D eigenvalue weighted by atomic mass is 9.72. The highest BCUT2D eigenvalue weighted by Gasteiger charge is 2.35. The molecule has 0 aliphatic heterocycles. The first-order chi connectivity index (χ1) is 23.8. The standard InChI is InChI=1S/C37H32F3N5O3S2/c1-36(2,3)24-14-16-27-30(19-24)49-34(32(27)33(46)42-25-12-8-5-9-13-25)41-21-23-18-26(45(47)48)15-17-29(23)50-35-43-28(22-10-6-4-7-11-22)20-31(44-35)37(38,39)40/h4-13,15,17-18,20-21,24H,14,16,19H2,1-3H3,(H,42,46)/t24-/m1/s1. The zero-order chi connectivity index (χ0) is 35.6. The van der Waals surface area contributed by atoms with Crippen molar-refractivity contribution >= 4 is 51.6 Å². The van der Waals surface area contributed by atoms with Crippen molar-refractivity contribution < 1.29 is 22.9 Å². The highest BCUT2D eigenvalue weighted by Crippen LogP contribution is 2.46. The minimum Gasteiger partial charge on any atom is -0.322 e. The van der Waals surface area contributed by atoms with Crippen LogP contribution in [0.15, 0.2) is 100.0 Å². The summed E-state index contributed by atoms with van der Waals surface area (Å²) in [6.45, 7) is 6.62. The fourth-order valence-corrected chi connectivity index (χ4v) is 7.91. The van der Waals surface area contributed by atoms with Crippen molar-refractivity contribution in [2.45, 2.75) is 56.3 Å². The van der Waals surface area contributed by atoms with Crippen LogP contribution in [0.3, 0.4) is 0 Å². The molecule has 0 saturated carbocycles. The van der Waals surface area contributed by atoms with Crippen molar-refractivity contribution in [2.75, 3.05) is 5.32 Å². The van der Waals surface area contributed by atoms with Crippen LogP contribution in [-0.4, -0.2) is 27.0 Å². The number of halogens is 3. The van der Waals surface area contributed by atoms with Crippen molar-refractivity contribution in [1.29, 1.82) is 0 Å². The van der Waals surface area contributed by atoms with Gasteiger partial charge in [-0.25, -0.2) is 15.0 Å². The maximum atomic E-state index is 13.9. The largest absolute Gasteiger partial charge is 0.433 e. The van der Waals surface area contributed by atoms with Gasteiger partial charge in [0.1, 0.15) is 10.7 Å². The Morgan fingerprint density at radius 1 is 1.02 bits per heavy atom. The molecule has 0 bridgehead atoms. The van der Waals surface area contributed by atoms with Crippen molar-refractivity contribution in [2.24, 2.45) is 16.3 Å². The Balaban J connectivity index is 1.41. The number of fused-ring (bicyclic) bond motifs is 1. The van der Waals surface area contributed by atoms with Gasteiger partial charge in [0, 0.05) is 44.9 Å². The number of carbonyl (C=O) groups excluding carboxylic acids is 1. The van der Waals surface area contributed by atoms with E-state index in [0.29, 0.717) is 39.0 Å². The van der Waals surface area contributed by atoms with Gasteiger partial charge in [0.25, 0.3) is 11.6 Å². The topological polar surface area (TPSA) is 110 Å². The van der Waals surface area contributed by atoms with Gasteiger partial charge in [-0.1, -0.05) is 69.3 Å². The number of nitrogens with zero attached hydrogens (tertiary/aromatic N) is 4. The number of aliphatic imine (C=N–C) groups is 1. The molecule has 0 spiro atoms. The number of amides is 1. The Labute approximate surface area is 295 Å². The smallest absolute Gasteiger partial charge is 0.322 e. The molecule has 8 nitrogen and oxygen atoms in total. The highest BCUT2D eigenvalue weighted by atomic mass is 32.2. The number of alkyl halides is 3. The van der Waals surface area contributed by atoms with Crippen LogP contribution in [0.2, 0.25) is 0 Å². The van der Waals surface area contributed by atoms with Crippen molar-refractivity contribution in [1.82, 2.24) is 9.97 Å². The van der Waals surface area contributed by atoms with E-state index in [1.165, 1.54) is 35.8 Å². The number of rotatable bonds is 8. The molecular weight excluding hydrogens is 684 g/mol. The first kappa shape index (κ1) is 35.0. The zero-order valence-electron chi connectivity index (χ0n) is 27.3. The van der Waals surface area contributed by atoms with Gasteiger partial charge in [0.15, 0.2) is 5.16 Å². The number of thiophene rings is 1. The van der Waals surface area contributed by atoms with E-state index in [2.05, 4.69) is 36.1 Å². The lowest BCUT2D eigenvalue weighted by Crippen LogP contribution is -2.27. The van der Waals surface area contributed by atoms with Crippen molar-refractivity contribution in [3.05, 3.63) is 122 Å². The van der Waals surface area contributed by atoms with Gasteiger partial charge in [0.2, 0.25) is 0 Å². The van der Waals surface area contributed by atoms with Gasteiger partial charge in [-0.05, 0) is 72.2 Å². The third kappa shape index (κ3) is 7.95. The molecule has 1 aliphatic carbocycles. The molecule has 3 aromatic carbocycles. The Morgan fingerprint density at radius 3 is 2.38 bits per heavy atom. The summed E-state index contributed by atoms with van der Waals surface area (Å²) in [5, 5.41) is 15.0. The fraction of sp³-hybridized carbons (Fsp3) is 0.243. The molecule has 13 heteroatoms. The van der Waals surface area contributed by atoms with Gasteiger partial charge in [0.05, 0.1) is 16.2 Å². The summed E-state index contributed by atoms with van der Waals surface area (Å²) in [6, 6.07) is 22.4. The molecule has 0 radical (unpaired) electrons. The molecule has 1 atom stereocenters. The number of anilines is 1. The van der Waals surface area contributed by atoms with Gasteiger partial charge in [-0.15, -0.1) is 11.3 Å². The first-order valence-electron chi connectivity index (χ1n) is 15.8. The first-order valence-corrected chi connectivity index (χ1v) is 17.4. The number of nitrogens with one attached hydrogen (secondary N) is 1. The monoisotopic (exact) mass is 715 g/mol. The minimum atomic E-state index is -4.73. The highest BCUT2D eigenvalue weighted by molar-refractivity contribution is 7.99. The molecule has 1 N–H and O–H groups in total. The third-order valence-electron chi connectivity index (χ3n) is 8.52. The molecule has 1 aliphatic rings. The van der Waals surface area contributed by atoms with Crippen LogP contribution in [-0.2, 0) is 19.0 Å². The third-order valence-corrected chi connectivity index (χ3v) is 10.6. The number of para-hydroxylation sites is 1. The Bertz CT molecular complexity index is 2080. The molecular formula is C37H32F3N5O3S2. The maximum Gasteiger partial charge on any atom is 0.433 e. The number of nitro benzene ring substituents is 1. The number of nitro groups is 1. The van der Waals surface area contributed by atoms with Crippen LogP contribution in [0.4, 0.5) is 29.5 Å². The molecule has 6 rings (SSSR count). The minimum absolute atomic E-state index is 0.0680. The number of hydrogen-bond acceptors (Lipinski definition) is 8. The van der Waals surface area contributed by atoms with E-state index in [1.807, 2.05) is 18.2 Å². The summed E-state index contributed by atoms with van der Waals surface area (Å²) in [7, 11) is 0. The lowest BCUT2D eigenvalue weighted by molar-refractivity contribution is -0.384. The van der Waals surface area contributed by atoms with E-state index >= 15 is 0 Å². The number of non-ortho nitro benzene ring substituents is 1. The SMILES string of the molecule is CC(C)(C)[C@@H]1CCc2c(sc(N=Cc3cc([N+](=O)[O-])ccc3Sc3nc(-c4ccccc4)cc(C(F)(F)F)n3)c2C(=O)Nc2ccccc2)C1. The average molecular weight is 716 g/mol. The summed E-state index contributed by atoms with van der Waals surface area (Å²) < 4.78 is 41.8. The second-order valence-corrected chi connectivity index (χ2v) is 15.0. The molecule has 0 saturated heterocycles. The quantitative estimate of drug-likeness (QED) is 0.0741. The molecule has 256 valence electrons. The molecule has 5 aromatic rings. The number of benzene rings is 3. The normalized spacial score (nSPS) is 14.8. The van der Waals surface area contributed by atoms with Gasteiger partial charge in [-0.2, -0.15) is 13.2 Å². The molecule has 0 fully saturated rings. The predicted molar refractivity (Wildman–Crippen MR) is 191 cm³/mol. The van der Waals surface area contributed by atoms with E-state index in [9.17, 15) is 28.1 Å². The average Bonchev–Trinajstić information content (AvgIpc) is 3.45. The van der Waals surface area contributed by atoms with Crippen LogP contribution < -0.4 is 5.32 Å². The zero-order valence-corrected chi connectivity index (χ0v) is 29.0. The summed E-state index contributed by atoms with van der Waals surface area (Å²) in [5.74, 6) is 0.0954. The van der Waals surface area contributed by atoms with Crippen LogP contribution in [0.1, 0.15) is 59.2 Å². The van der Waals surface area contributed by atoms with E-state index in [-0.39, 0.29) is 33.4 Å². The van der Waals surface area contributed by atoms with E-state index in [1.54, 1.807) is 42.5 Å². The Kier molecular flexibility index (Phi) is 9.90. The summed E-state index contributed by atoms with van der Waals surface area (Å²) in [6.07, 6.45) is -0.911. The van der Waals surface area contributed by atoms with Gasteiger partial charge in [-0.3, -0.25) is 14.9 Å². The molecule has 1 amide bonds. The van der Waals surface area contributed by atoms with E-state index in [4.69, 9.17) is 4.99 Å². The van der Waals surface area contributed by atoms with Gasteiger partial charge >= 0.3 is 6.18 Å². The molecule has 2 heterocycles. The van der Waals surface area contributed by atoms with E-state index < -0.39 is 16.8 Å². The van der Waals surface area contributed by atoms with Crippen LogP contribution in [0.25, 0.3) is 11.3 Å². The second kappa shape index (κ2) is 14.2. The van der Waals surface area contributed by atoms with Crippen LogP contribution >= 0.6 is 23.1 Å². The van der Waals surface area contributed by atoms with Crippen LogP contribution in [0, 0.1) is 21.4 Å². The van der Waals surface area contributed by atoms with Gasteiger partial charge < -0.3 is 5.32 Å². The Hall–Kier alpha value is -4.88. The predicted octanol–water partition coefficient (Wildman–Crippen LogP) is 10.4. The summed E-state index contributed by atoms with van der Waals surface area (Å²) in [5.41, 5.74) is 1.57. The second-order valence-electron chi connectivity index (χ2n) is 12.9.